The van der Waals surface area contributed by atoms with Crippen LogP contribution >= 0.6 is 15.9 Å². The van der Waals surface area contributed by atoms with Gasteiger partial charge in [0.2, 0.25) is 5.96 Å². The van der Waals surface area contributed by atoms with Gasteiger partial charge >= 0.3 is 0 Å². The number of amides is 1. The topological polar surface area (TPSA) is 66.0 Å². The maximum atomic E-state index is 15.0. The number of likely N-dealkylation sites (tertiary alicyclic amines) is 1. The molecule has 1 amide bonds. The van der Waals surface area contributed by atoms with Gasteiger partial charge in [-0.2, -0.15) is 4.99 Å². The number of guanidine groups is 1. The van der Waals surface area contributed by atoms with E-state index in [9.17, 15) is 4.79 Å². The second kappa shape index (κ2) is 15.0. The molecule has 1 aliphatic heterocycles. The van der Waals surface area contributed by atoms with Gasteiger partial charge < -0.3 is 20.3 Å². The third-order valence-electron chi connectivity index (χ3n) is 7.34. The SMILES string of the molecule is COc1ccc(Br)cc1CCc1c(F)cccc1C(=O)/N=C(\NCCCN1CCCCC1C)Nc1ccccc1. The number of aryl methyl sites for hydroxylation is 1. The van der Waals surface area contributed by atoms with Crippen molar-refractivity contribution in [2.24, 2.45) is 4.99 Å². The van der Waals surface area contributed by atoms with E-state index in [1.165, 1.54) is 25.3 Å². The monoisotopic (exact) mass is 608 g/mol. The Morgan fingerprint density at radius 1 is 1.10 bits per heavy atom. The Morgan fingerprint density at radius 3 is 2.70 bits per heavy atom. The van der Waals surface area contributed by atoms with Crippen molar-refractivity contribution in [2.75, 3.05) is 32.1 Å². The van der Waals surface area contributed by atoms with Crippen LogP contribution in [0.15, 0.2) is 76.2 Å². The van der Waals surface area contributed by atoms with Crippen LogP contribution in [0.4, 0.5) is 10.1 Å². The Hall–Kier alpha value is -3.23. The number of halogens is 2. The van der Waals surface area contributed by atoms with Crippen molar-refractivity contribution in [3.63, 3.8) is 0 Å². The highest BCUT2D eigenvalue weighted by atomic mass is 79.9. The fourth-order valence-corrected chi connectivity index (χ4v) is 5.53. The first-order chi connectivity index (χ1) is 19.4. The molecule has 2 N–H and O–H groups in total. The predicted molar refractivity (Wildman–Crippen MR) is 164 cm³/mol. The third kappa shape index (κ3) is 8.38. The number of rotatable bonds is 10. The molecule has 0 saturated carbocycles. The van der Waals surface area contributed by atoms with Crippen molar-refractivity contribution in [3.8, 4) is 5.75 Å². The summed E-state index contributed by atoms with van der Waals surface area (Å²) in [4.78, 5) is 20.4. The minimum absolute atomic E-state index is 0.255. The van der Waals surface area contributed by atoms with E-state index in [4.69, 9.17) is 4.74 Å². The molecule has 1 heterocycles. The number of piperidine rings is 1. The van der Waals surface area contributed by atoms with Crippen LogP contribution in [0.3, 0.4) is 0 Å². The fourth-order valence-electron chi connectivity index (χ4n) is 5.13. The van der Waals surface area contributed by atoms with Gasteiger partial charge in [-0.25, -0.2) is 4.39 Å². The zero-order chi connectivity index (χ0) is 28.3. The number of nitrogens with one attached hydrogen (secondary N) is 2. The molecule has 0 aromatic heterocycles. The van der Waals surface area contributed by atoms with Gasteiger partial charge in [0.1, 0.15) is 11.6 Å². The van der Waals surface area contributed by atoms with E-state index in [0.717, 1.165) is 41.0 Å². The van der Waals surface area contributed by atoms with Crippen LogP contribution in [0.2, 0.25) is 0 Å². The molecule has 8 heteroatoms. The Balaban J connectivity index is 1.49. The second-order valence-electron chi connectivity index (χ2n) is 10.1. The van der Waals surface area contributed by atoms with E-state index in [0.29, 0.717) is 37.0 Å². The lowest BCUT2D eigenvalue weighted by molar-refractivity contribution is 0.100. The van der Waals surface area contributed by atoms with E-state index in [1.54, 1.807) is 19.2 Å². The van der Waals surface area contributed by atoms with Gasteiger partial charge in [0.15, 0.2) is 0 Å². The number of ether oxygens (including phenoxy) is 1. The number of benzene rings is 3. The molecule has 0 bridgehead atoms. The first kappa shape index (κ1) is 29.7. The number of hydrogen-bond donors (Lipinski definition) is 2. The molecule has 1 aliphatic rings. The minimum atomic E-state index is -0.494. The number of methoxy groups -OCH3 is 1. The summed E-state index contributed by atoms with van der Waals surface area (Å²) in [5, 5.41) is 6.54. The summed E-state index contributed by atoms with van der Waals surface area (Å²) in [6, 6.07) is 20.5. The van der Waals surface area contributed by atoms with Crippen LogP contribution in [-0.4, -0.2) is 49.6 Å². The van der Waals surface area contributed by atoms with E-state index >= 15 is 4.39 Å². The zero-order valence-corrected chi connectivity index (χ0v) is 24.8. The molecular formula is C32H38BrFN4O2. The lowest BCUT2D eigenvalue weighted by Gasteiger charge is -2.33. The molecule has 1 atom stereocenters. The number of aliphatic imine (C=N–C) groups is 1. The maximum Gasteiger partial charge on any atom is 0.280 e. The normalized spacial score (nSPS) is 16.0. The first-order valence-electron chi connectivity index (χ1n) is 14.0. The van der Waals surface area contributed by atoms with Crippen LogP contribution in [0, 0.1) is 5.82 Å². The highest BCUT2D eigenvalue weighted by molar-refractivity contribution is 9.10. The number of anilines is 1. The number of nitrogens with zero attached hydrogens (tertiary/aromatic N) is 2. The summed E-state index contributed by atoms with van der Waals surface area (Å²) in [6.07, 6.45) is 5.56. The average molecular weight is 610 g/mol. The molecule has 0 aliphatic carbocycles. The minimum Gasteiger partial charge on any atom is -0.496 e. The molecular weight excluding hydrogens is 571 g/mol. The van der Waals surface area contributed by atoms with Crippen LogP contribution < -0.4 is 15.4 Å². The summed E-state index contributed by atoms with van der Waals surface area (Å²) >= 11 is 3.49. The number of para-hydroxylation sites is 1. The lowest BCUT2D eigenvalue weighted by atomic mass is 9.98. The van der Waals surface area contributed by atoms with Crippen LogP contribution in [0.1, 0.15) is 54.1 Å². The molecule has 0 spiro atoms. The van der Waals surface area contributed by atoms with Crippen molar-refractivity contribution in [1.29, 1.82) is 0 Å². The van der Waals surface area contributed by atoms with Crippen molar-refractivity contribution >= 4 is 33.5 Å². The largest absolute Gasteiger partial charge is 0.496 e. The molecule has 40 heavy (non-hydrogen) atoms. The summed E-state index contributed by atoms with van der Waals surface area (Å²) in [5.74, 6) is 0.164. The molecule has 1 saturated heterocycles. The number of carbonyl (C=O) groups excluding carboxylic acids is 1. The second-order valence-corrected chi connectivity index (χ2v) is 11.1. The highest BCUT2D eigenvalue weighted by Crippen LogP contribution is 2.26. The van der Waals surface area contributed by atoms with Crippen molar-refractivity contribution in [2.45, 2.75) is 51.5 Å². The lowest BCUT2D eigenvalue weighted by Crippen LogP contribution is -2.40. The summed E-state index contributed by atoms with van der Waals surface area (Å²) in [5.41, 5.74) is 2.34. The summed E-state index contributed by atoms with van der Waals surface area (Å²) in [6.45, 7) is 5.08. The highest BCUT2D eigenvalue weighted by Gasteiger charge is 2.19. The van der Waals surface area contributed by atoms with Gasteiger partial charge in [-0.15, -0.1) is 0 Å². The molecule has 3 aromatic rings. The quantitative estimate of drug-likeness (QED) is 0.150. The molecule has 6 nitrogen and oxygen atoms in total. The van der Waals surface area contributed by atoms with Crippen molar-refractivity contribution < 1.29 is 13.9 Å². The van der Waals surface area contributed by atoms with Gasteiger partial charge in [-0.1, -0.05) is 46.6 Å². The van der Waals surface area contributed by atoms with Gasteiger partial charge in [-0.05, 0) is 93.6 Å². The number of hydrogen-bond acceptors (Lipinski definition) is 3. The molecule has 1 fully saturated rings. The molecule has 4 rings (SSSR count). The van der Waals surface area contributed by atoms with Gasteiger partial charge in [0.25, 0.3) is 5.91 Å². The summed E-state index contributed by atoms with van der Waals surface area (Å²) in [7, 11) is 1.61. The molecule has 0 radical (unpaired) electrons. The van der Waals surface area contributed by atoms with E-state index in [-0.39, 0.29) is 5.56 Å². The van der Waals surface area contributed by atoms with Crippen molar-refractivity contribution in [1.82, 2.24) is 10.2 Å². The van der Waals surface area contributed by atoms with Crippen LogP contribution in [-0.2, 0) is 12.8 Å². The zero-order valence-electron chi connectivity index (χ0n) is 23.3. The Bertz CT molecular complexity index is 1300. The van der Waals surface area contributed by atoms with Gasteiger partial charge in [-0.3, -0.25) is 4.79 Å². The Morgan fingerprint density at radius 2 is 1.93 bits per heavy atom. The summed E-state index contributed by atoms with van der Waals surface area (Å²) < 4.78 is 21.4. The van der Waals surface area contributed by atoms with Crippen LogP contribution in [0.25, 0.3) is 0 Å². The Labute approximate surface area is 245 Å². The van der Waals surface area contributed by atoms with E-state index in [2.05, 4.69) is 43.4 Å². The molecule has 212 valence electrons. The van der Waals surface area contributed by atoms with Gasteiger partial charge in [0.05, 0.1) is 7.11 Å². The predicted octanol–water partition coefficient (Wildman–Crippen LogP) is 6.84. The first-order valence-corrected chi connectivity index (χ1v) is 14.8. The Kier molecular flexibility index (Phi) is 11.1. The van der Waals surface area contributed by atoms with Crippen LogP contribution in [0.5, 0.6) is 5.75 Å². The van der Waals surface area contributed by atoms with Crippen molar-refractivity contribution in [3.05, 3.63) is 93.7 Å². The average Bonchev–Trinajstić information content (AvgIpc) is 2.96. The maximum absolute atomic E-state index is 15.0. The fraction of sp³-hybridized carbons (Fsp3) is 0.375. The third-order valence-corrected chi connectivity index (χ3v) is 7.83. The van der Waals surface area contributed by atoms with E-state index < -0.39 is 11.7 Å². The number of carbonyl (C=O) groups is 1. The molecule has 3 aromatic carbocycles. The molecule has 1 unspecified atom stereocenters. The standard InChI is InChI=1S/C32H38BrFN4O2/c1-23-10-6-7-20-38(23)21-9-19-35-32(36-26-11-4-3-5-12-26)37-31(39)28-13-8-14-29(34)27(28)17-15-24-22-25(33)16-18-30(24)40-2/h3-5,8,11-14,16,18,22-23H,6-7,9-10,15,17,19-21H2,1-2H3,(H2,35,36,37,39). The van der Waals surface area contributed by atoms with Gasteiger partial charge in [0, 0.05) is 40.4 Å². The smallest absolute Gasteiger partial charge is 0.280 e. The van der Waals surface area contributed by atoms with E-state index in [1.807, 2.05) is 48.5 Å².